The van der Waals surface area contributed by atoms with Gasteiger partial charge in [0.2, 0.25) is 5.91 Å². The Kier molecular flexibility index (Phi) is 7.59. The number of rotatable bonds is 9. The van der Waals surface area contributed by atoms with Gasteiger partial charge in [0, 0.05) is 26.2 Å². The second kappa shape index (κ2) is 8.95. The van der Waals surface area contributed by atoms with Gasteiger partial charge in [-0.25, -0.2) is 0 Å². The van der Waals surface area contributed by atoms with Gasteiger partial charge in [-0.15, -0.1) is 0 Å². The summed E-state index contributed by atoms with van der Waals surface area (Å²) in [7, 11) is 0. The van der Waals surface area contributed by atoms with Crippen LogP contribution in [0.4, 0.5) is 0 Å². The monoisotopic (exact) mass is 285 g/mol. The van der Waals surface area contributed by atoms with Crippen LogP contribution in [0, 0.1) is 5.41 Å². The fourth-order valence-electron chi connectivity index (χ4n) is 2.89. The van der Waals surface area contributed by atoms with E-state index in [9.17, 15) is 9.59 Å². The van der Waals surface area contributed by atoms with Crippen molar-refractivity contribution in [3.05, 3.63) is 0 Å². The first-order valence-corrected chi connectivity index (χ1v) is 7.64. The summed E-state index contributed by atoms with van der Waals surface area (Å²) in [6.07, 6.45) is 6.42. The molecule has 5 heteroatoms. The van der Waals surface area contributed by atoms with Crippen LogP contribution >= 0.6 is 0 Å². The number of carbonyl (C=O) groups excluding carboxylic acids is 1. The van der Waals surface area contributed by atoms with Crippen LogP contribution in [-0.4, -0.2) is 36.7 Å². The second-order valence-corrected chi connectivity index (χ2v) is 5.71. The summed E-state index contributed by atoms with van der Waals surface area (Å²) in [5, 5.41) is 12.0. The van der Waals surface area contributed by atoms with E-state index < -0.39 is 5.97 Å². The van der Waals surface area contributed by atoms with E-state index >= 15 is 0 Å². The number of amides is 1. The Labute approximate surface area is 121 Å². The fraction of sp³-hybridized carbons (Fsp3) is 0.867. The van der Waals surface area contributed by atoms with Crippen molar-refractivity contribution in [1.29, 1.82) is 0 Å². The first kappa shape index (κ1) is 17.0. The molecule has 1 rings (SSSR count). The highest BCUT2D eigenvalue weighted by Gasteiger charge is 2.34. The van der Waals surface area contributed by atoms with Crippen LogP contribution < -0.4 is 5.32 Å². The summed E-state index contributed by atoms with van der Waals surface area (Å²) in [6.45, 7) is 3.69. The van der Waals surface area contributed by atoms with E-state index in [0.717, 1.165) is 25.7 Å². The summed E-state index contributed by atoms with van der Waals surface area (Å²) >= 11 is 0. The molecule has 0 aromatic carbocycles. The molecule has 20 heavy (non-hydrogen) atoms. The van der Waals surface area contributed by atoms with Crippen molar-refractivity contribution in [1.82, 2.24) is 5.32 Å². The van der Waals surface area contributed by atoms with Crippen molar-refractivity contribution in [2.24, 2.45) is 5.41 Å². The van der Waals surface area contributed by atoms with E-state index in [4.69, 9.17) is 9.84 Å². The van der Waals surface area contributed by atoms with Crippen molar-refractivity contribution in [2.45, 2.75) is 58.3 Å². The molecule has 0 bridgehead atoms. The van der Waals surface area contributed by atoms with Crippen LogP contribution in [0.5, 0.6) is 0 Å². The summed E-state index contributed by atoms with van der Waals surface area (Å²) < 4.78 is 5.19. The Morgan fingerprint density at radius 1 is 1.25 bits per heavy atom. The molecule has 1 saturated carbocycles. The van der Waals surface area contributed by atoms with Crippen LogP contribution in [0.3, 0.4) is 0 Å². The largest absolute Gasteiger partial charge is 0.481 e. The Morgan fingerprint density at radius 2 is 1.95 bits per heavy atom. The molecule has 0 saturated heterocycles. The first-order valence-electron chi connectivity index (χ1n) is 7.64. The summed E-state index contributed by atoms with van der Waals surface area (Å²) in [5.74, 6) is -0.766. The highest BCUT2D eigenvalue weighted by molar-refractivity contribution is 5.76. The average Bonchev–Trinajstić information content (AvgIpc) is 2.42. The normalized spacial score (nSPS) is 17.6. The Balaban J connectivity index is 2.34. The smallest absolute Gasteiger partial charge is 0.303 e. The number of carbonyl (C=O) groups is 2. The predicted octanol–water partition coefficient (Wildman–Crippen LogP) is 2.34. The highest BCUT2D eigenvalue weighted by Crippen LogP contribution is 2.38. The third kappa shape index (κ3) is 6.37. The van der Waals surface area contributed by atoms with Crippen molar-refractivity contribution >= 4 is 11.9 Å². The third-order valence-corrected chi connectivity index (χ3v) is 4.00. The van der Waals surface area contributed by atoms with E-state index in [2.05, 4.69) is 5.32 Å². The van der Waals surface area contributed by atoms with Gasteiger partial charge in [0.25, 0.3) is 0 Å². The molecule has 116 valence electrons. The molecule has 0 atom stereocenters. The molecule has 0 heterocycles. The summed E-state index contributed by atoms with van der Waals surface area (Å²) in [4.78, 5) is 22.8. The molecule has 1 aliphatic carbocycles. The quantitative estimate of drug-likeness (QED) is 0.638. The maximum atomic E-state index is 11.8. The van der Waals surface area contributed by atoms with E-state index in [1.807, 2.05) is 6.92 Å². The summed E-state index contributed by atoms with van der Waals surface area (Å²) in [6, 6.07) is 0. The van der Waals surface area contributed by atoms with Gasteiger partial charge in [0.1, 0.15) is 0 Å². The molecule has 1 fully saturated rings. The molecule has 2 N–H and O–H groups in total. The second-order valence-electron chi connectivity index (χ2n) is 5.71. The topological polar surface area (TPSA) is 75.6 Å². The molecule has 0 aliphatic heterocycles. The number of hydrogen-bond donors (Lipinski definition) is 2. The molecule has 0 aromatic rings. The third-order valence-electron chi connectivity index (χ3n) is 4.00. The Bertz CT molecular complexity index is 311. The molecular weight excluding hydrogens is 258 g/mol. The van der Waals surface area contributed by atoms with Crippen LogP contribution in [0.1, 0.15) is 58.3 Å². The van der Waals surface area contributed by atoms with Gasteiger partial charge in [-0.1, -0.05) is 19.3 Å². The molecule has 0 unspecified atom stereocenters. The number of aliphatic carboxylic acids is 1. The number of carboxylic acids is 1. The lowest BCUT2D eigenvalue weighted by Gasteiger charge is -2.36. The number of hydrogen-bond acceptors (Lipinski definition) is 3. The van der Waals surface area contributed by atoms with E-state index in [1.165, 1.54) is 6.42 Å². The van der Waals surface area contributed by atoms with Gasteiger partial charge in [0.15, 0.2) is 0 Å². The number of ether oxygens (including phenoxy) is 1. The maximum Gasteiger partial charge on any atom is 0.303 e. The molecule has 1 aliphatic rings. The van der Waals surface area contributed by atoms with Gasteiger partial charge >= 0.3 is 5.97 Å². The van der Waals surface area contributed by atoms with Crippen molar-refractivity contribution in [3.8, 4) is 0 Å². The zero-order valence-electron chi connectivity index (χ0n) is 12.5. The molecule has 1 amide bonds. The van der Waals surface area contributed by atoms with Crippen LogP contribution in [0.15, 0.2) is 0 Å². The SMILES string of the molecule is CCOCCCC(=O)NCC1(CC(=O)O)CCCCC1. The standard InChI is InChI=1S/C15H27NO4/c1-2-20-10-6-7-13(17)16-12-15(11-14(18)19)8-4-3-5-9-15/h2-12H2,1H3,(H,16,17)(H,18,19). The Morgan fingerprint density at radius 3 is 2.55 bits per heavy atom. The average molecular weight is 285 g/mol. The van der Waals surface area contributed by atoms with E-state index in [1.54, 1.807) is 0 Å². The van der Waals surface area contributed by atoms with Crippen molar-refractivity contribution < 1.29 is 19.4 Å². The Hall–Kier alpha value is -1.10. The van der Waals surface area contributed by atoms with Crippen LogP contribution in [0.25, 0.3) is 0 Å². The zero-order valence-corrected chi connectivity index (χ0v) is 12.5. The van der Waals surface area contributed by atoms with Crippen molar-refractivity contribution in [3.63, 3.8) is 0 Å². The zero-order chi connectivity index (χ0) is 14.8. The molecule has 0 radical (unpaired) electrons. The molecular formula is C15H27NO4. The fourth-order valence-corrected chi connectivity index (χ4v) is 2.89. The minimum absolute atomic E-state index is 0.0000373. The lowest BCUT2D eigenvalue weighted by Crippen LogP contribution is -2.40. The molecule has 0 aromatic heterocycles. The van der Waals surface area contributed by atoms with Crippen LogP contribution in [-0.2, 0) is 14.3 Å². The predicted molar refractivity (Wildman–Crippen MR) is 76.5 cm³/mol. The minimum atomic E-state index is -0.766. The van der Waals surface area contributed by atoms with Crippen LogP contribution in [0.2, 0.25) is 0 Å². The van der Waals surface area contributed by atoms with Gasteiger partial charge in [0.05, 0.1) is 6.42 Å². The van der Waals surface area contributed by atoms with E-state index in [0.29, 0.717) is 32.6 Å². The lowest BCUT2D eigenvalue weighted by atomic mass is 9.71. The van der Waals surface area contributed by atoms with Gasteiger partial charge < -0.3 is 15.2 Å². The number of carboxylic acid groups (broad SMARTS) is 1. The number of nitrogens with one attached hydrogen (secondary N) is 1. The van der Waals surface area contributed by atoms with E-state index in [-0.39, 0.29) is 17.7 Å². The van der Waals surface area contributed by atoms with Gasteiger partial charge in [-0.05, 0) is 31.6 Å². The summed E-state index contributed by atoms with van der Waals surface area (Å²) in [5.41, 5.74) is -0.236. The maximum absolute atomic E-state index is 11.8. The molecule has 0 spiro atoms. The minimum Gasteiger partial charge on any atom is -0.481 e. The lowest BCUT2D eigenvalue weighted by molar-refractivity contribution is -0.140. The van der Waals surface area contributed by atoms with Gasteiger partial charge in [-0.2, -0.15) is 0 Å². The molecule has 5 nitrogen and oxygen atoms in total. The highest BCUT2D eigenvalue weighted by atomic mass is 16.5. The first-order chi connectivity index (χ1) is 9.58. The van der Waals surface area contributed by atoms with Crippen molar-refractivity contribution in [2.75, 3.05) is 19.8 Å². The van der Waals surface area contributed by atoms with Gasteiger partial charge in [-0.3, -0.25) is 9.59 Å².